The third kappa shape index (κ3) is 3.07. The Kier molecular flexibility index (Phi) is 4.07. The van der Waals surface area contributed by atoms with E-state index in [4.69, 9.17) is 0 Å². The minimum absolute atomic E-state index is 0.144. The molecule has 1 aliphatic carbocycles. The lowest BCUT2D eigenvalue weighted by Crippen LogP contribution is -2.35. The molecule has 1 saturated carbocycles. The summed E-state index contributed by atoms with van der Waals surface area (Å²) in [5.74, 6) is -0.203. The highest BCUT2D eigenvalue weighted by atomic mass is 16.2. The fourth-order valence-corrected chi connectivity index (χ4v) is 3.07. The zero-order chi connectivity index (χ0) is 16.6. The zero-order valence-electron chi connectivity index (χ0n) is 13.9. The van der Waals surface area contributed by atoms with E-state index in [0.29, 0.717) is 12.1 Å². The van der Waals surface area contributed by atoms with Crippen molar-refractivity contribution in [1.29, 1.82) is 0 Å². The first-order valence-corrected chi connectivity index (χ1v) is 8.01. The number of nitrogens with zero attached hydrogens (tertiary/aromatic N) is 2. The smallest absolute Gasteiger partial charge is 0.264 e. The van der Waals surface area contributed by atoms with E-state index in [-0.39, 0.29) is 17.5 Å². The maximum atomic E-state index is 12.8. The molecule has 3 rings (SSSR count). The quantitative estimate of drug-likeness (QED) is 0.871. The van der Waals surface area contributed by atoms with Crippen LogP contribution in [0.25, 0.3) is 0 Å². The maximum absolute atomic E-state index is 12.8. The molecule has 1 fully saturated rings. The van der Waals surface area contributed by atoms with Crippen LogP contribution in [0.15, 0.2) is 41.2 Å². The third-order valence-electron chi connectivity index (χ3n) is 4.37. The standard InChI is InChI=1S/C19H22N2O2/c1-13-11-14(2)21(16-9-10-16)19(23)17(13)18(22)20(3)12-15-7-5-4-6-8-15/h4-8,11,16H,9-10,12H2,1-3H3. The summed E-state index contributed by atoms with van der Waals surface area (Å²) in [6, 6.07) is 12.0. The molecule has 0 spiro atoms. The van der Waals surface area contributed by atoms with Gasteiger partial charge in [0.1, 0.15) is 5.56 Å². The Morgan fingerprint density at radius 3 is 2.48 bits per heavy atom. The van der Waals surface area contributed by atoms with Gasteiger partial charge in [-0.05, 0) is 43.9 Å². The van der Waals surface area contributed by atoms with Gasteiger partial charge in [-0.25, -0.2) is 0 Å². The Bertz CT molecular complexity index is 789. The number of benzene rings is 1. The lowest BCUT2D eigenvalue weighted by Gasteiger charge is -2.20. The highest BCUT2D eigenvalue weighted by Crippen LogP contribution is 2.34. The monoisotopic (exact) mass is 310 g/mol. The number of pyridine rings is 1. The summed E-state index contributed by atoms with van der Waals surface area (Å²) in [6.07, 6.45) is 2.05. The molecular weight excluding hydrogens is 288 g/mol. The average molecular weight is 310 g/mol. The normalized spacial score (nSPS) is 13.9. The minimum atomic E-state index is -0.203. The number of aromatic nitrogens is 1. The molecule has 0 saturated heterocycles. The van der Waals surface area contributed by atoms with Crippen molar-refractivity contribution in [2.45, 2.75) is 39.3 Å². The van der Waals surface area contributed by atoms with Crippen molar-refractivity contribution < 1.29 is 4.79 Å². The minimum Gasteiger partial charge on any atom is -0.337 e. The molecule has 4 heteroatoms. The number of aryl methyl sites for hydroxylation is 2. The molecule has 0 unspecified atom stereocenters. The molecular formula is C19H22N2O2. The highest BCUT2D eigenvalue weighted by molar-refractivity contribution is 5.95. The van der Waals surface area contributed by atoms with Crippen molar-refractivity contribution >= 4 is 5.91 Å². The molecule has 1 heterocycles. The Morgan fingerprint density at radius 2 is 1.87 bits per heavy atom. The molecule has 4 nitrogen and oxygen atoms in total. The van der Waals surface area contributed by atoms with E-state index in [2.05, 4.69) is 0 Å². The number of hydrogen-bond donors (Lipinski definition) is 0. The summed E-state index contributed by atoms with van der Waals surface area (Å²) in [5, 5.41) is 0. The van der Waals surface area contributed by atoms with Crippen molar-refractivity contribution in [3.63, 3.8) is 0 Å². The number of rotatable bonds is 4. The Balaban J connectivity index is 1.93. The summed E-state index contributed by atoms with van der Waals surface area (Å²) in [6.45, 7) is 4.28. The zero-order valence-corrected chi connectivity index (χ0v) is 13.9. The SMILES string of the molecule is Cc1cc(C)n(C2CC2)c(=O)c1C(=O)N(C)Cc1ccccc1. The lowest BCUT2D eigenvalue weighted by molar-refractivity contribution is 0.0782. The molecule has 1 aliphatic rings. The van der Waals surface area contributed by atoms with Crippen LogP contribution in [0.2, 0.25) is 0 Å². The number of carbonyl (C=O) groups excluding carboxylic acids is 1. The summed E-state index contributed by atoms with van der Waals surface area (Å²) in [5.41, 5.74) is 2.91. The van der Waals surface area contributed by atoms with Gasteiger partial charge in [0.25, 0.3) is 11.5 Å². The van der Waals surface area contributed by atoms with Gasteiger partial charge in [-0.1, -0.05) is 30.3 Å². The third-order valence-corrected chi connectivity index (χ3v) is 4.37. The van der Waals surface area contributed by atoms with Crippen molar-refractivity contribution in [3.05, 3.63) is 69.1 Å². The molecule has 1 aromatic carbocycles. The predicted octanol–water partition coefficient (Wildman–Crippen LogP) is 3.07. The van der Waals surface area contributed by atoms with Crippen LogP contribution in [0.1, 0.15) is 46.1 Å². The van der Waals surface area contributed by atoms with Gasteiger partial charge in [0, 0.05) is 25.3 Å². The van der Waals surface area contributed by atoms with E-state index in [1.807, 2.05) is 50.2 Å². The summed E-state index contributed by atoms with van der Waals surface area (Å²) in [4.78, 5) is 27.2. The molecule has 0 N–H and O–H groups in total. The molecule has 0 bridgehead atoms. The Hall–Kier alpha value is -2.36. The first-order valence-electron chi connectivity index (χ1n) is 8.01. The van der Waals surface area contributed by atoms with Crippen LogP contribution in [-0.4, -0.2) is 22.4 Å². The maximum Gasteiger partial charge on any atom is 0.264 e. The fraction of sp³-hybridized carbons (Fsp3) is 0.368. The molecule has 1 amide bonds. The first-order chi connectivity index (χ1) is 11.0. The molecule has 120 valence electrons. The van der Waals surface area contributed by atoms with E-state index >= 15 is 0 Å². The van der Waals surface area contributed by atoms with Crippen molar-refractivity contribution in [3.8, 4) is 0 Å². The highest BCUT2D eigenvalue weighted by Gasteiger charge is 2.29. The van der Waals surface area contributed by atoms with Crippen LogP contribution >= 0.6 is 0 Å². The number of carbonyl (C=O) groups is 1. The molecule has 2 aromatic rings. The van der Waals surface area contributed by atoms with Crippen molar-refractivity contribution in [1.82, 2.24) is 9.47 Å². The predicted molar refractivity (Wildman–Crippen MR) is 90.7 cm³/mol. The van der Waals surface area contributed by atoms with Gasteiger partial charge in [-0.3, -0.25) is 9.59 Å². The Morgan fingerprint density at radius 1 is 1.22 bits per heavy atom. The molecule has 0 aliphatic heterocycles. The van der Waals surface area contributed by atoms with Crippen LogP contribution in [0.5, 0.6) is 0 Å². The van der Waals surface area contributed by atoms with E-state index in [0.717, 1.165) is 29.7 Å². The van der Waals surface area contributed by atoms with Crippen molar-refractivity contribution in [2.75, 3.05) is 7.05 Å². The van der Waals surface area contributed by atoms with Gasteiger partial charge in [0.15, 0.2) is 0 Å². The van der Waals surface area contributed by atoms with Gasteiger partial charge in [-0.2, -0.15) is 0 Å². The summed E-state index contributed by atoms with van der Waals surface area (Å²) >= 11 is 0. The van der Waals surface area contributed by atoms with Crippen LogP contribution < -0.4 is 5.56 Å². The fourth-order valence-electron chi connectivity index (χ4n) is 3.07. The molecule has 1 aromatic heterocycles. The van der Waals surface area contributed by atoms with Gasteiger partial charge in [-0.15, -0.1) is 0 Å². The number of amides is 1. The van der Waals surface area contributed by atoms with E-state index < -0.39 is 0 Å². The van der Waals surface area contributed by atoms with Crippen LogP contribution in [0.3, 0.4) is 0 Å². The molecule has 0 radical (unpaired) electrons. The number of hydrogen-bond acceptors (Lipinski definition) is 2. The lowest BCUT2D eigenvalue weighted by atomic mass is 10.1. The second-order valence-electron chi connectivity index (χ2n) is 6.40. The first kappa shape index (κ1) is 15.5. The van der Waals surface area contributed by atoms with Gasteiger partial charge in [0.05, 0.1) is 0 Å². The van der Waals surface area contributed by atoms with Crippen LogP contribution in [-0.2, 0) is 6.54 Å². The van der Waals surface area contributed by atoms with Gasteiger partial charge in [0.2, 0.25) is 0 Å². The van der Waals surface area contributed by atoms with E-state index in [9.17, 15) is 9.59 Å². The summed E-state index contributed by atoms with van der Waals surface area (Å²) in [7, 11) is 1.75. The van der Waals surface area contributed by atoms with E-state index in [1.165, 1.54) is 0 Å². The van der Waals surface area contributed by atoms with Crippen LogP contribution in [0.4, 0.5) is 0 Å². The topological polar surface area (TPSA) is 42.3 Å². The largest absolute Gasteiger partial charge is 0.337 e. The van der Waals surface area contributed by atoms with Gasteiger partial charge < -0.3 is 9.47 Å². The summed E-state index contributed by atoms with van der Waals surface area (Å²) < 4.78 is 1.79. The van der Waals surface area contributed by atoms with Crippen molar-refractivity contribution in [2.24, 2.45) is 0 Å². The molecule has 23 heavy (non-hydrogen) atoms. The van der Waals surface area contributed by atoms with Crippen LogP contribution in [0, 0.1) is 13.8 Å². The van der Waals surface area contributed by atoms with E-state index in [1.54, 1.807) is 16.5 Å². The second-order valence-corrected chi connectivity index (χ2v) is 6.40. The molecule has 0 atom stereocenters. The average Bonchev–Trinajstić information content (AvgIpc) is 3.32. The second kappa shape index (κ2) is 6.03. The van der Waals surface area contributed by atoms with Gasteiger partial charge >= 0.3 is 0 Å². The Labute approximate surface area is 136 Å².